The Balaban J connectivity index is 1.80. The quantitative estimate of drug-likeness (QED) is 0.679. The van der Waals surface area contributed by atoms with E-state index in [1.807, 2.05) is 12.1 Å². The van der Waals surface area contributed by atoms with Crippen molar-refractivity contribution >= 4 is 5.91 Å². The monoisotopic (exact) mass is 326 g/mol. The fourth-order valence-corrected chi connectivity index (χ4v) is 2.43. The third-order valence-corrected chi connectivity index (χ3v) is 3.68. The number of amides is 1. The van der Waals surface area contributed by atoms with Gasteiger partial charge in [-0.1, -0.05) is 25.8 Å². The molecule has 1 amide bonds. The fourth-order valence-electron chi connectivity index (χ4n) is 2.43. The normalized spacial score (nSPS) is 12.0. The Morgan fingerprint density at radius 1 is 1.42 bits per heavy atom. The third-order valence-electron chi connectivity index (χ3n) is 3.68. The second-order valence-corrected chi connectivity index (χ2v) is 5.34. The first-order valence-electron chi connectivity index (χ1n) is 7.77. The Labute approximate surface area is 138 Å². The lowest BCUT2D eigenvalue weighted by Crippen LogP contribution is -2.29. The number of unbranched alkanes of at least 4 members (excludes halogenated alkanes) is 1. The Kier molecular flexibility index (Phi) is 4.90. The standard InChI is InChI=1S/C15H18N8O/c1-2-3-6-13(11-5-4-7-16-8-11)19-15(24)12-9-17-20-14(12)23-10-18-21-22-23/h4-5,7-10,13H,2-3,6H2,1H3,(H,17,20)(H,19,24)/t13-/m1/s1. The van der Waals surface area contributed by atoms with Crippen molar-refractivity contribution in [2.45, 2.75) is 32.2 Å². The predicted octanol–water partition coefficient (Wildman–Crippen LogP) is 1.44. The number of rotatable bonds is 7. The van der Waals surface area contributed by atoms with E-state index >= 15 is 0 Å². The van der Waals surface area contributed by atoms with Crippen LogP contribution < -0.4 is 5.32 Å². The van der Waals surface area contributed by atoms with Gasteiger partial charge in [0.25, 0.3) is 5.91 Å². The van der Waals surface area contributed by atoms with E-state index in [0.717, 1.165) is 24.8 Å². The van der Waals surface area contributed by atoms with Gasteiger partial charge >= 0.3 is 0 Å². The van der Waals surface area contributed by atoms with Crippen LogP contribution in [0.25, 0.3) is 5.82 Å². The molecule has 0 aliphatic heterocycles. The van der Waals surface area contributed by atoms with Gasteiger partial charge in [-0.25, -0.2) is 0 Å². The fraction of sp³-hybridized carbons (Fsp3) is 0.333. The van der Waals surface area contributed by atoms with Gasteiger partial charge in [-0.05, 0) is 28.5 Å². The van der Waals surface area contributed by atoms with Gasteiger partial charge in [0.1, 0.15) is 11.9 Å². The van der Waals surface area contributed by atoms with E-state index in [4.69, 9.17) is 0 Å². The number of nitrogens with one attached hydrogen (secondary N) is 2. The van der Waals surface area contributed by atoms with Crippen molar-refractivity contribution in [2.75, 3.05) is 0 Å². The summed E-state index contributed by atoms with van der Waals surface area (Å²) in [6, 6.07) is 3.72. The number of hydrogen-bond acceptors (Lipinski definition) is 6. The van der Waals surface area contributed by atoms with Crippen LogP contribution in [0, 0.1) is 0 Å². The molecule has 0 spiro atoms. The molecule has 1 atom stereocenters. The van der Waals surface area contributed by atoms with Crippen LogP contribution in [0.15, 0.2) is 37.1 Å². The topological polar surface area (TPSA) is 114 Å². The molecule has 0 aliphatic carbocycles. The highest BCUT2D eigenvalue weighted by molar-refractivity contribution is 5.97. The van der Waals surface area contributed by atoms with Gasteiger partial charge in [0.15, 0.2) is 5.82 Å². The summed E-state index contributed by atoms with van der Waals surface area (Å²) in [4.78, 5) is 16.8. The molecule has 0 radical (unpaired) electrons. The van der Waals surface area contributed by atoms with Crippen molar-refractivity contribution in [1.82, 2.24) is 40.7 Å². The Hall–Kier alpha value is -3.10. The van der Waals surface area contributed by atoms with Crippen molar-refractivity contribution < 1.29 is 4.79 Å². The number of nitrogens with zero attached hydrogens (tertiary/aromatic N) is 6. The number of aromatic amines is 1. The number of aromatic nitrogens is 7. The van der Waals surface area contributed by atoms with E-state index in [9.17, 15) is 4.79 Å². The lowest BCUT2D eigenvalue weighted by molar-refractivity contribution is 0.0934. The van der Waals surface area contributed by atoms with Crippen LogP contribution in [0.4, 0.5) is 0 Å². The Bertz CT molecular complexity index is 768. The smallest absolute Gasteiger partial charge is 0.257 e. The molecule has 0 saturated heterocycles. The van der Waals surface area contributed by atoms with Crippen LogP contribution in [0.2, 0.25) is 0 Å². The van der Waals surface area contributed by atoms with E-state index in [0.29, 0.717) is 11.4 Å². The minimum atomic E-state index is -0.237. The Morgan fingerprint density at radius 3 is 3.04 bits per heavy atom. The second kappa shape index (κ2) is 7.44. The molecule has 0 unspecified atom stereocenters. The summed E-state index contributed by atoms with van der Waals surface area (Å²) in [5.41, 5.74) is 1.36. The van der Waals surface area contributed by atoms with Crippen molar-refractivity contribution in [3.63, 3.8) is 0 Å². The summed E-state index contributed by atoms with van der Waals surface area (Å²) in [7, 11) is 0. The van der Waals surface area contributed by atoms with E-state index in [1.165, 1.54) is 17.2 Å². The molecular weight excluding hydrogens is 308 g/mol. The van der Waals surface area contributed by atoms with Gasteiger partial charge in [-0.2, -0.15) is 9.78 Å². The van der Waals surface area contributed by atoms with Gasteiger partial charge in [-0.15, -0.1) is 5.10 Å². The molecule has 24 heavy (non-hydrogen) atoms. The molecule has 3 heterocycles. The largest absolute Gasteiger partial charge is 0.345 e. The zero-order valence-corrected chi connectivity index (χ0v) is 13.3. The van der Waals surface area contributed by atoms with E-state index in [1.54, 1.807) is 12.4 Å². The predicted molar refractivity (Wildman–Crippen MR) is 85.3 cm³/mol. The average molecular weight is 326 g/mol. The lowest BCUT2D eigenvalue weighted by Gasteiger charge is -2.18. The summed E-state index contributed by atoms with van der Waals surface area (Å²) < 4.78 is 1.37. The first kappa shape index (κ1) is 15.8. The maximum atomic E-state index is 12.7. The molecule has 2 N–H and O–H groups in total. The van der Waals surface area contributed by atoms with Crippen molar-refractivity contribution in [3.8, 4) is 5.82 Å². The minimum absolute atomic E-state index is 0.109. The molecule has 0 fully saturated rings. The molecule has 124 valence electrons. The zero-order chi connectivity index (χ0) is 16.8. The van der Waals surface area contributed by atoms with Crippen LogP contribution in [-0.4, -0.2) is 41.3 Å². The number of hydrogen-bond donors (Lipinski definition) is 2. The Morgan fingerprint density at radius 2 is 2.33 bits per heavy atom. The molecular formula is C15H18N8O. The van der Waals surface area contributed by atoms with Gasteiger partial charge < -0.3 is 5.32 Å². The molecule has 0 aliphatic rings. The molecule has 9 heteroatoms. The third kappa shape index (κ3) is 3.45. The number of pyridine rings is 1. The SMILES string of the molecule is CCCC[C@@H](NC(=O)c1cn[nH]c1-n1cnnn1)c1cccnc1. The molecule has 3 aromatic rings. The highest BCUT2D eigenvalue weighted by atomic mass is 16.1. The summed E-state index contributed by atoms with van der Waals surface area (Å²) in [5.74, 6) is 0.192. The summed E-state index contributed by atoms with van der Waals surface area (Å²) in [6.45, 7) is 2.12. The second-order valence-electron chi connectivity index (χ2n) is 5.34. The first-order valence-corrected chi connectivity index (χ1v) is 7.77. The van der Waals surface area contributed by atoms with Gasteiger partial charge in [0.2, 0.25) is 0 Å². The number of carbonyl (C=O) groups is 1. The molecule has 9 nitrogen and oxygen atoms in total. The zero-order valence-electron chi connectivity index (χ0n) is 13.3. The van der Waals surface area contributed by atoms with Crippen LogP contribution >= 0.6 is 0 Å². The van der Waals surface area contributed by atoms with E-state index in [2.05, 4.69) is 42.9 Å². The highest BCUT2D eigenvalue weighted by Crippen LogP contribution is 2.20. The number of tetrazole rings is 1. The maximum absolute atomic E-state index is 12.7. The van der Waals surface area contributed by atoms with Gasteiger partial charge in [0.05, 0.1) is 12.2 Å². The van der Waals surface area contributed by atoms with Crippen molar-refractivity contribution in [1.29, 1.82) is 0 Å². The van der Waals surface area contributed by atoms with E-state index < -0.39 is 0 Å². The van der Waals surface area contributed by atoms with Gasteiger partial charge in [-0.3, -0.25) is 14.9 Å². The van der Waals surface area contributed by atoms with Crippen molar-refractivity contribution in [2.24, 2.45) is 0 Å². The number of carbonyl (C=O) groups excluding carboxylic acids is 1. The van der Waals surface area contributed by atoms with Crippen LogP contribution in [0.5, 0.6) is 0 Å². The van der Waals surface area contributed by atoms with Crippen LogP contribution in [0.1, 0.15) is 48.1 Å². The molecule has 3 aromatic heterocycles. The average Bonchev–Trinajstić information content (AvgIpc) is 3.29. The molecule has 0 aromatic carbocycles. The molecule has 3 rings (SSSR count). The molecule has 0 saturated carbocycles. The summed E-state index contributed by atoms with van der Waals surface area (Å²) in [5, 5.41) is 20.6. The number of H-pyrrole nitrogens is 1. The van der Waals surface area contributed by atoms with Crippen LogP contribution in [0.3, 0.4) is 0 Å². The highest BCUT2D eigenvalue weighted by Gasteiger charge is 2.20. The van der Waals surface area contributed by atoms with Gasteiger partial charge in [0, 0.05) is 12.4 Å². The first-order chi connectivity index (χ1) is 11.8. The lowest BCUT2D eigenvalue weighted by atomic mass is 10.0. The molecule has 0 bridgehead atoms. The maximum Gasteiger partial charge on any atom is 0.257 e. The van der Waals surface area contributed by atoms with E-state index in [-0.39, 0.29) is 11.9 Å². The summed E-state index contributed by atoms with van der Waals surface area (Å²) in [6.07, 6.45) is 9.25. The van der Waals surface area contributed by atoms with Crippen LogP contribution in [-0.2, 0) is 0 Å². The summed E-state index contributed by atoms with van der Waals surface area (Å²) >= 11 is 0. The minimum Gasteiger partial charge on any atom is -0.345 e. The van der Waals surface area contributed by atoms with Crippen molar-refractivity contribution in [3.05, 3.63) is 48.2 Å².